The first-order chi connectivity index (χ1) is 12.1. The predicted octanol–water partition coefficient (Wildman–Crippen LogP) is 5.33. The lowest BCUT2D eigenvalue weighted by Gasteiger charge is -2.15. The lowest BCUT2D eigenvalue weighted by Crippen LogP contribution is -2.15. The van der Waals surface area contributed by atoms with Crippen molar-refractivity contribution in [3.8, 4) is 5.75 Å². The molecule has 2 aromatic rings. The quantitative estimate of drug-likeness (QED) is 0.774. The summed E-state index contributed by atoms with van der Waals surface area (Å²) in [6, 6.07) is 12.3. The van der Waals surface area contributed by atoms with Crippen LogP contribution in [0.5, 0.6) is 5.75 Å². The number of carbonyl (C=O) groups is 1. The number of carbonyl (C=O) groups excluding carboxylic acids is 1. The molecule has 25 heavy (non-hydrogen) atoms. The molecule has 0 unspecified atom stereocenters. The van der Waals surface area contributed by atoms with Gasteiger partial charge in [-0.1, -0.05) is 29.8 Å². The van der Waals surface area contributed by atoms with Crippen LogP contribution in [0.25, 0.3) is 0 Å². The fourth-order valence-electron chi connectivity index (χ4n) is 2.92. The van der Waals surface area contributed by atoms with Crippen LogP contribution in [0, 0.1) is 13.8 Å². The van der Waals surface area contributed by atoms with Gasteiger partial charge in [-0.05, 0) is 62.8 Å². The highest BCUT2D eigenvalue weighted by atomic mass is 16.5. The Bertz CT molecular complexity index is 766. The Kier molecular flexibility index (Phi) is 5.27. The molecule has 2 aromatic carbocycles. The topological polar surface area (TPSA) is 47.6 Å². The van der Waals surface area contributed by atoms with Gasteiger partial charge in [-0.2, -0.15) is 0 Å². The van der Waals surface area contributed by atoms with Crippen molar-refractivity contribution in [3.63, 3.8) is 0 Å². The molecule has 0 aromatic heterocycles. The van der Waals surface area contributed by atoms with Crippen LogP contribution in [0.2, 0.25) is 0 Å². The second-order valence-corrected chi connectivity index (χ2v) is 6.59. The van der Waals surface area contributed by atoms with E-state index < -0.39 is 6.09 Å². The molecule has 0 aliphatic heterocycles. The van der Waals surface area contributed by atoms with E-state index >= 15 is 0 Å². The number of amides is 1. The second kappa shape index (κ2) is 7.60. The molecule has 1 saturated carbocycles. The van der Waals surface area contributed by atoms with Gasteiger partial charge in [0.15, 0.2) is 0 Å². The van der Waals surface area contributed by atoms with E-state index in [0.29, 0.717) is 19.1 Å². The summed E-state index contributed by atoms with van der Waals surface area (Å²) in [6.45, 7) is 6.66. The van der Waals surface area contributed by atoms with E-state index in [9.17, 15) is 4.79 Å². The van der Waals surface area contributed by atoms with Crippen molar-refractivity contribution in [1.29, 1.82) is 0 Å². The lowest BCUT2D eigenvalue weighted by atomic mass is 10.1. The molecule has 0 bridgehead atoms. The van der Waals surface area contributed by atoms with Gasteiger partial charge in [-0.25, -0.2) is 4.79 Å². The average Bonchev–Trinajstić information content (AvgIpc) is 3.40. The van der Waals surface area contributed by atoms with Crippen molar-refractivity contribution in [2.45, 2.75) is 46.1 Å². The van der Waals surface area contributed by atoms with Gasteiger partial charge < -0.3 is 9.47 Å². The zero-order valence-electron chi connectivity index (χ0n) is 15.1. The number of hydrogen-bond acceptors (Lipinski definition) is 3. The minimum absolute atomic E-state index is 0.348. The van der Waals surface area contributed by atoms with E-state index in [1.807, 2.05) is 25.1 Å². The summed E-state index contributed by atoms with van der Waals surface area (Å²) in [6.07, 6.45) is 2.04. The van der Waals surface area contributed by atoms with Crippen LogP contribution in [-0.4, -0.2) is 12.7 Å². The van der Waals surface area contributed by atoms with E-state index in [1.165, 1.54) is 24.0 Å². The summed E-state index contributed by atoms with van der Waals surface area (Å²) in [5.41, 5.74) is 5.35. The van der Waals surface area contributed by atoms with Crippen molar-refractivity contribution in [2.24, 2.45) is 0 Å². The van der Waals surface area contributed by atoms with E-state index in [1.54, 1.807) is 6.92 Å². The van der Waals surface area contributed by atoms with Gasteiger partial charge in [-0.15, -0.1) is 0 Å². The van der Waals surface area contributed by atoms with E-state index in [4.69, 9.17) is 9.47 Å². The van der Waals surface area contributed by atoms with Gasteiger partial charge in [0.05, 0.1) is 12.3 Å². The van der Waals surface area contributed by atoms with Crippen LogP contribution in [-0.2, 0) is 11.3 Å². The summed E-state index contributed by atoms with van der Waals surface area (Å²) in [5, 5.41) is 2.82. The van der Waals surface area contributed by atoms with Gasteiger partial charge in [-0.3, -0.25) is 5.32 Å². The molecular formula is C21H25NO3. The van der Waals surface area contributed by atoms with Crippen LogP contribution < -0.4 is 10.1 Å². The molecule has 0 atom stereocenters. The highest BCUT2D eigenvalue weighted by molar-refractivity contribution is 5.85. The molecule has 1 amide bonds. The van der Waals surface area contributed by atoms with E-state index in [0.717, 1.165) is 22.6 Å². The molecule has 0 radical (unpaired) electrons. The third-order valence-corrected chi connectivity index (χ3v) is 4.40. The van der Waals surface area contributed by atoms with Crippen LogP contribution in [0.1, 0.15) is 47.9 Å². The summed E-state index contributed by atoms with van der Waals surface area (Å²) >= 11 is 0. The summed E-state index contributed by atoms with van der Waals surface area (Å²) in [7, 11) is 0. The molecule has 0 heterocycles. The molecular weight excluding hydrogens is 314 g/mol. The van der Waals surface area contributed by atoms with Crippen molar-refractivity contribution in [2.75, 3.05) is 11.9 Å². The monoisotopic (exact) mass is 339 g/mol. The van der Waals surface area contributed by atoms with Gasteiger partial charge in [0.2, 0.25) is 0 Å². The van der Waals surface area contributed by atoms with Crippen LogP contribution >= 0.6 is 0 Å². The maximum absolute atomic E-state index is 11.8. The molecule has 132 valence electrons. The van der Waals surface area contributed by atoms with Crippen LogP contribution in [0.3, 0.4) is 0 Å². The lowest BCUT2D eigenvalue weighted by molar-refractivity contribution is 0.168. The maximum Gasteiger partial charge on any atom is 0.411 e. The summed E-state index contributed by atoms with van der Waals surface area (Å²) in [5.74, 6) is 1.51. The Balaban J connectivity index is 1.78. The average molecular weight is 339 g/mol. The van der Waals surface area contributed by atoms with Crippen molar-refractivity contribution < 1.29 is 14.3 Å². The highest BCUT2D eigenvalue weighted by Gasteiger charge is 2.24. The van der Waals surface area contributed by atoms with Crippen molar-refractivity contribution in [1.82, 2.24) is 0 Å². The highest BCUT2D eigenvalue weighted by Crippen LogP contribution is 2.41. The Labute approximate surface area is 149 Å². The number of rotatable bonds is 6. The first kappa shape index (κ1) is 17.3. The number of benzene rings is 2. The van der Waals surface area contributed by atoms with Gasteiger partial charge >= 0.3 is 6.09 Å². The summed E-state index contributed by atoms with van der Waals surface area (Å²) < 4.78 is 11.0. The SMILES string of the molecule is CCOC(=O)Nc1ccc(C2CC2)cc1COc1ccc(C)cc1C. The minimum Gasteiger partial charge on any atom is -0.489 e. The van der Waals surface area contributed by atoms with E-state index in [-0.39, 0.29) is 0 Å². The normalized spacial score (nSPS) is 13.4. The zero-order valence-corrected chi connectivity index (χ0v) is 15.1. The first-order valence-corrected chi connectivity index (χ1v) is 8.83. The molecule has 3 rings (SSSR count). The van der Waals surface area contributed by atoms with Crippen LogP contribution in [0.4, 0.5) is 10.5 Å². The van der Waals surface area contributed by atoms with Crippen molar-refractivity contribution >= 4 is 11.8 Å². The largest absolute Gasteiger partial charge is 0.489 e. The smallest absolute Gasteiger partial charge is 0.411 e. The molecule has 1 fully saturated rings. The van der Waals surface area contributed by atoms with Gasteiger partial charge in [0.25, 0.3) is 0 Å². The molecule has 1 N–H and O–H groups in total. The fourth-order valence-corrected chi connectivity index (χ4v) is 2.92. The Morgan fingerprint density at radius 1 is 1.16 bits per heavy atom. The Morgan fingerprint density at radius 3 is 2.64 bits per heavy atom. The molecule has 4 nitrogen and oxygen atoms in total. The second-order valence-electron chi connectivity index (χ2n) is 6.59. The molecule has 0 spiro atoms. The Morgan fingerprint density at radius 2 is 1.96 bits per heavy atom. The predicted molar refractivity (Wildman–Crippen MR) is 99.3 cm³/mol. The number of nitrogens with one attached hydrogen (secondary N) is 1. The zero-order chi connectivity index (χ0) is 17.8. The van der Waals surface area contributed by atoms with E-state index in [2.05, 4.69) is 30.4 Å². The number of hydrogen-bond donors (Lipinski definition) is 1. The third kappa shape index (κ3) is 4.53. The fraction of sp³-hybridized carbons (Fsp3) is 0.381. The number of anilines is 1. The van der Waals surface area contributed by atoms with Gasteiger partial charge in [0, 0.05) is 5.56 Å². The minimum atomic E-state index is -0.436. The van der Waals surface area contributed by atoms with Crippen molar-refractivity contribution in [3.05, 3.63) is 58.7 Å². The third-order valence-electron chi connectivity index (χ3n) is 4.40. The number of ether oxygens (including phenoxy) is 2. The number of aryl methyl sites for hydroxylation is 2. The molecule has 0 saturated heterocycles. The molecule has 4 heteroatoms. The molecule has 1 aliphatic rings. The van der Waals surface area contributed by atoms with Gasteiger partial charge in [0.1, 0.15) is 12.4 Å². The maximum atomic E-state index is 11.8. The Hall–Kier alpha value is -2.49. The first-order valence-electron chi connectivity index (χ1n) is 8.83. The van der Waals surface area contributed by atoms with Crippen LogP contribution in [0.15, 0.2) is 36.4 Å². The summed E-state index contributed by atoms with van der Waals surface area (Å²) in [4.78, 5) is 11.8. The molecule has 1 aliphatic carbocycles. The standard InChI is InChI=1S/C21H25NO3/c1-4-24-21(23)22-19-9-8-17(16-6-7-16)12-18(19)13-25-20-10-5-14(2)11-15(20)3/h5,8-12,16H,4,6-7,13H2,1-3H3,(H,22,23).